The fraction of sp³-hybridized carbons (Fsp3) is 0.400. The average Bonchev–Trinajstić information content (AvgIpc) is 3.15. The van der Waals surface area contributed by atoms with Gasteiger partial charge in [-0.15, -0.1) is 0 Å². The van der Waals surface area contributed by atoms with Crippen molar-refractivity contribution in [2.24, 2.45) is 0 Å². The molecule has 0 saturated carbocycles. The number of ether oxygens (including phenoxy) is 3. The van der Waals surface area contributed by atoms with Crippen molar-refractivity contribution < 1.29 is 31.0 Å². The third-order valence-electron chi connectivity index (χ3n) is 4.35. The Morgan fingerprint density at radius 3 is 2.78 bits per heavy atom. The highest BCUT2D eigenvalue weighted by atomic mass is 35.5. The molecule has 4 nitrogen and oxygen atoms in total. The number of hydrogen-bond donors (Lipinski definition) is 1. The molecule has 148 valence electrons. The second-order valence-corrected chi connectivity index (χ2v) is 6.68. The maximum atomic E-state index is 13.1. The van der Waals surface area contributed by atoms with E-state index in [4.69, 9.17) is 25.8 Å². The normalized spacial score (nSPS) is 16.0. The Kier molecular flexibility index (Phi) is 8.64. The first kappa shape index (κ1) is 21.8. The molecule has 27 heavy (non-hydrogen) atoms. The van der Waals surface area contributed by atoms with Crippen LogP contribution in [0.5, 0.6) is 11.5 Å². The van der Waals surface area contributed by atoms with Crippen molar-refractivity contribution in [3.8, 4) is 11.5 Å². The summed E-state index contributed by atoms with van der Waals surface area (Å²) < 4.78 is 30.0. The Balaban J connectivity index is 0.00000261. The number of halogens is 3. The van der Waals surface area contributed by atoms with Crippen LogP contribution in [-0.4, -0.2) is 26.4 Å². The fourth-order valence-corrected chi connectivity index (χ4v) is 3.14. The van der Waals surface area contributed by atoms with Crippen LogP contribution in [0.25, 0.3) is 0 Å². The first-order valence-electron chi connectivity index (χ1n) is 8.71. The van der Waals surface area contributed by atoms with Gasteiger partial charge in [-0.2, -0.15) is 0 Å². The van der Waals surface area contributed by atoms with Gasteiger partial charge in [-0.1, -0.05) is 23.7 Å². The molecular formula is C20H23Cl2FNO3-. The van der Waals surface area contributed by atoms with E-state index in [0.29, 0.717) is 22.6 Å². The summed E-state index contributed by atoms with van der Waals surface area (Å²) in [4.78, 5) is 0. The molecule has 1 unspecified atom stereocenters. The van der Waals surface area contributed by atoms with Gasteiger partial charge in [0.05, 0.1) is 18.2 Å². The minimum atomic E-state index is -0.365. The highest BCUT2D eigenvalue weighted by Crippen LogP contribution is 2.29. The second-order valence-electron chi connectivity index (χ2n) is 6.28. The molecule has 0 radical (unpaired) electrons. The van der Waals surface area contributed by atoms with Gasteiger partial charge in [-0.3, -0.25) is 0 Å². The third-order valence-corrected chi connectivity index (χ3v) is 4.70. The smallest absolute Gasteiger partial charge is 0.161 e. The molecule has 1 saturated heterocycles. The molecule has 0 spiro atoms. The molecule has 3 rings (SSSR count). The standard InChI is InChI=1S/C20H23ClFNO3.ClH/c1-24-20-9-14(11-23-12-17-3-2-8-25-17)4-7-19(20)26-13-15-5-6-16(22)10-18(15)21;/h4-7,9-10,17,23H,2-3,8,11-13H2,1H3;1H/p-1. The van der Waals surface area contributed by atoms with Crippen molar-refractivity contribution in [2.75, 3.05) is 20.3 Å². The Hall–Kier alpha value is -1.53. The van der Waals surface area contributed by atoms with E-state index in [1.54, 1.807) is 13.2 Å². The molecule has 1 atom stereocenters. The van der Waals surface area contributed by atoms with Crippen LogP contribution in [0, 0.1) is 5.82 Å². The summed E-state index contributed by atoms with van der Waals surface area (Å²) in [5.41, 5.74) is 1.82. The quantitative estimate of drug-likeness (QED) is 0.707. The van der Waals surface area contributed by atoms with Crippen LogP contribution >= 0.6 is 11.6 Å². The van der Waals surface area contributed by atoms with E-state index in [0.717, 1.165) is 43.7 Å². The maximum absolute atomic E-state index is 13.1. The molecule has 1 N–H and O–H groups in total. The maximum Gasteiger partial charge on any atom is 0.161 e. The van der Waals surface area contributed by atoms with Crippen LogP contribution in [0.1, 0.15) is 24.0 Å². The minimum absolute atomic E-state index is 0. The van der Waals surface area contributed by atoms with Crippen LogP contribution in [0.2, 0.25) is 5.02 Å². The van der Waals surface area contributed by atoms with Gasteiger partial charge in [-0.05, 0) is 42.7 Å². The lowest BCUT2D eigenvalue weighted by molar-refractivity contribution is -0.00000771. The summed E-state index contributed by atoms with van der Waals surface area (Å²) in [6.07, 6.45) is 2.58. The third kappa shape index (κ3) is 6.25. The summed E-state index contributed by atoms with van der Waals surface area (Å²) in [5.74, 6) is 0.909. The highest BCUT2D eigenvalue weighted by molar-refractivity contribution is 6.31. The minimum Gasteiger partial charge on any atom is -1.00 e. The zero-order valence-electron chi connectivity index (χ0n) is 15.1. The van der Waals surface area contributed by atoms with E-state index in [1.807, 2.05) is 18.2 Å². The van der Waals surface area contributed by atoms with Crippen molar-refractivity contribution in [1.29, 1.82) is 0 Å². The molecule has 0 amide bonds. The molecule has 2 aromatic carbocycles. The van der Waals surface area contributed by atoms with Crippen LogP contribution < -0.4 is 27.2 Å². The van der Waals surface area contributed by atoms with Gasteiger partial charge >= 0.3 is 0 Å². The summed E-state index contributed by atoms with van der Waals surface area (Å²) >= 11 is 6.04. The molecule has 1 aliphatic rings. The SMILES string of the molecule is COc1cc(CNCC2CCCO2)ccc1OCc1ccc(F)cc1Cl.[Cl-]. The number of rotatable bonds is 8. The van der Waals surface area contributed by atoms with E-state index in [2.05, 4.69) is 5.32 Å². The molecule has 0 aromatic heterocycles. The van der Waals surface area contributed by atoms with Crippen molar-refractivity contribution in [1.82, 2.24) is 5.32 Å². The molecule has 0 aliphatic carbocycles. The summed E-state index contributed by atoms with van der Waals surface area (Å²) in [6, 6.07) is 10.1. The molecular weight excluding hydrogens is 392 g/mol. The lowest BCUT2D eigenvalue weighted by Crippen LogP contribution is -3.00. The predicted octanol–water partition coefficient (Wildman–Crippen LogP) is 1.34. The number of nitrogens with one attached hydrogen (secondary N) is 1. The Labute approximate surface area is 170 Å². The topological polar surface area (TPSA) is 39.7 Å². The zero-order chi connectivity index (χ0) is 18.4. The molecule has 1 heterocycles. The van der Waals surface area contributed by atoms with E-state index >= 15 is 0 Å². The van der Waals surface area contributed by atoms with Crippen LogP contribution in [-0.2, 0) is 17.9 Å². The van der Waals surface area contributed by atoms with Crippen molar-refractivity contribution in [3.05, 3.63) is 58.4 Å². The van der Waals surface area contributed by atoms with Gasteiger partial charge in [0.2, 0.25) is 0 Å². The summed E-state index contributed by atoms with van der Waals surface area (Å²) in [5, 5.41) is 3.76. The van der Waals surface area contributed by atoms with Crippen LogP contribution in [0.3, 0.4) is 0 Å². The van der Waals surface area contributed by atoms with Gasteiger partial charge in [-0.25, -0.2) is 4.39 Å². The average molecular weight is 415 g/mol. The lowest BCUT2D eigenvalue weighted by atomic mass is 10.2. The van der Waals surface area contributed by atoms with E-state index in [-0.39, 0.29) is 24.8 Å². The Bertz CT molecular complexity index is 739. The van der Waals surface area contributed by atoms with Crippen molar-refractivity contribution in [2.45, 2.75) is 32.1 Å². The molecule has 1 fully saturated rings. The van der Waals surface area contributed by atoms with Gasteiger partial charge in [0.15, 0.2) is 11.5 Å². The monoisotopic (exact) mass is 414 g/mol. The van der Waals surface area contributed by atoms with Gasteiger partial charge in [0.25, 0.3) is 0 Å². The molecule has 2 aromatic rings. The van der Waals surface area contributed by atoms with E-state index in [9.17, 15) is 4.39 Å². The predicted molar refractivity (Wildman–Crippen MR) is 99.4 cm³/mol. The zero-order valence-corrected chi connectivity index (χ0v) is 16.7. The van der Waals surface area contributed by atoms with Gasteiger partial charge in [0, 0.05) is 25.3 Å². The van der Waals surface area contributed by atoms with E-state index < -0.39 is 0 Å². The number of methoxy groups -OCH3 is 1. The number of hydrogen-bond acceptors (Lipinski definition) is 4. The molecule has 7 heteroatoms. The summed E-state index contributed by atoms with van der Waals surface area (Å²) in [6.45, 7) is 2.69. The lowest BCUT2D eigenvalue weighted by Gasteiger charge is -2.14. The Morgan fingerprint density at radius 1 is 1.22 bits per heavy atom. The second kappa shape index (κ2) is 10.7. The van der Waals surface area contributed by atoms with Crippen LogP contribution in [0.4, 0.5) is 4.39 Å². The number of benzene rings is 2. The van der Waals surface area contributed by atoms with Crippen molar-refractivity contribution >= 4 is 11.6 Å². The fourth-order valence-electron chi connectivity index (χ4n) is 2.92. The van der Waals surface area contributed by atoms with Crippen LogP contribution in [0.15, 0.2) is 36.4 Å². The van der Waals surface area contributed by atoms with Gasteiger partial charge in [0.1, 0.15) is 12.4 Å². The van der Waals surface area contributed by atoms with Crippen molar-refractivity contribution in [3.63, 3.8) is 0 Å². The van der Waals surface area contributed by atoms with Gasteiger partial charge < -0.3 is 31.9 Å². The van der Waals surface area contributed by atoms with E-state index in [1.165, 1.54) is 12.1 Å². The molecule has 0 bridgehead atoms. The Morgan fingerprint density at radius 2 is 2.07 bits per heavy atom. The first-order chi connectivity index (χ1) is 12.7. The highest BCUT2D eigenvalue weighted by Gasteiger charge is 2.14. The summed E-state index contributed by atoms with van der Waals surface area (Å²) in [7, 11) is 1.61. The molecule has 1 aliphatic heterocycles. The first-order valence-corrected chi connectivity index (χ1v) is 9.09. The largest absolute Gasteiger partial charge is 1.00 e.